The molecule has 3 rings (SSSR count). The van der Waals surface area contributed by atoms with Gasteiger partial charge in [-0.3, -0.25) is 18.7 Å². The maximum atomic E-state index is 12.7. The average molecular weight is 398 g/mol. The highest BCUT2D eigenvalue weighted by molar-refractivity contribution is 7.12. The molecule has 0 bridgehead atoms. The second-order valence-corrected chi connectivity index (χ2v) is 8.25. The zero-order chi connectivity index (χ0) is 20.3. The van der Waals surface area contributed by atoms with Crippen LogP contribution in [0, 0.1) is 13.8 Å². The van der Waals surface area contributed by atoms with Crippen molar-refractivity contribution < 1.29 is 4.79 Å². The van der Waals surface area contributed by atoms with Gasteiger partial charge in [0.2, 0.25) is 5.91 Å². The molecule has 0 saturated carbocycles. The Morgan fingerprint density at radius 2 is 1.86 bits per heavy atom. The number of hydrogen-bond donors (Lipinski definition) is 1. The molecule has 3 aromatic rings. The molecule has 146 valence electrons. The molecule has 0 unspecified atom stereocenters. The summed E-state index contributed by atoms with van der Waals surface area (Å²) < 4.78 is 2.40. The predicted molar refractivity (Wildman–Crippen MR) is 111 cm³/mol. The third kappa shape index (κ3) is 4.48. The van der Waals surface area contributed by atoms with Crippen LogP contribution in [0.25, 0.3) is 0 Å². The lowest BCUT2D eigenvalue weighted by molar-refractivity contribution is -0.122. The Balaban J connectivity index is 1.77. The van der Waals surface area contributed by atoms with Crippen LogP contribution in [0.2, 0.25) is 0 Å². The minimum absolute atomic E-state index is 0.191. The molecular weight excluding hydrogens is 374 g/mol. The van der Waals surface area contributed by atoms with E-state index in [0.717, 1.165) is 20.6 Å². The van der Waals surface area contributed by atoms with Gasteiger partial charge in [-0.05, 0) is 38.0 Å². The Kier molecular flexibility index (Phi) is 5.94. The minimum Gasteiger partial charge on any atom is -0.348 e. The van der Waals surface area contributed by atoms with Crippen molar-refractivity contribution in [2.24, 2.45) is 0 Å². The topological polar surface area (TPSA) is 73.1 Å². The molecule has 1 N–H and O–H groups in total. The van der Waals surface area contributed by atoms with Gasteiger partial charge >= 0.3 is 5.69 Å². The first kappa shape index (κ1) is 19.8. The summed E-state index contributed by atoms with van der Waals surface area (Å²) in [5.41, 5.74) is 1.01. The first-order valence-corrected chi connectivity index (χ1v) is 9.87. The minimum atomic E-state index is -0.498. The van der Waals surface area contributed by atoms with E-state index in [4.69, 9.17) is 0 Å². The Bertz CT molecular complexity index is 1100. The zero-order valence-electron chi connectivity index (χ0n) is 16.1. The van der Waals surface area contributed by atoms with E-state index in [0.29, 0.717) is 6.54 Å². The highest BCUT2D eigenvalue weighted by Gasteiger charge is 2.16. The van der Waals surface area contributed by atoms with Crippen molar-refractivity contribution in [1.29, 1.82) is 0 Å². The Hall–Kier alpha value is -2.93. The van der Waals surface area contributed by atoms with Crippen molar-refractivity contribution in [3.05, 3.63) is 90.4 Å². The number of carbonyl (C=O) groups is 1. The molecule has 0 aliphatic rings. The molecule has 2 heterocycles. The number of benzene rings is 1. The first-order chi connectivity index (χ1) is 13.3. The number of amides is 1. The molecule has 0 spiro atoms. The summed E-state index contributed by atoms with van der Waals surface area (Å²) in [6.45, 7) is 5.97. The Labute approximate surface area is 167 Å². The van der Waals surface area contributed by atoms with E-state index in [9.17, 15) is 14.4 Å². The summed E-state index contributed by atoms with van der Waals surface area (Å²) in [7, 11) is 0. The zero-order valence-corrected chi connectivity index (χ0v) is 17.0. The fourth-order valence-electron chi connectivity index (χ4n) is 3.19. The molecule has 0 fully saturated rings. The van der Waals surface area contributed by atoms with Gasteiger partial charge in [0.15, 0.2) is 0 Å². The van der Waals surface area contributed by atoms with Crippen LogP contribution in [0.3, 0.4) is 0 Å². The lowest BCUT2D eigenvalue weighted by Crippen LogP contribution is -2.43. The van der Waals surface area contributed by atoms with Crippen molar-refractivity contribution >= 4 is 17.2 Å². The van der Waals surface area contributed by atoms with Crippen LogP contribution in [0.5, 0.6) is 0 Å². The largest absolute Gasteiger partial charge is 0.348 e. The standard InChI is InChI=1S/C21H23N3O3S/c1-14-11-18(16(3)28-14)15(2)22-19(25)13-24-20(26)9-10-23(21(24)27)12-17-7-5-4-6-8-17/h4-11,15H,12-13H2,1-3H3,(H,22,25)/t15-/m0/s1. The van der Waals surface area contributed by atoms with Crippen LogP contribution in [0.1, 0.15) is 33.8 Å². The third-order valence-electron chi connectivity index (χ3n) is 4.56. The van der Waals surface area contributed by atoms with E-state index in [2.05, 4.69) is 5.32 Å². The van der Waals surface area contributed by atoms with E-state index >= 15 is 0 Å². The summed E-state index contributed by atoms with van der Waals surface area (Å²) in [6, 6.07) is 12.7. The first-order valence-electron chi connectivity index (χ1n) is 9.05. The number of thiophene rings is 1. The fraction of sp³-hybridized carbons (Fsp3) is 0.286. The van der Waals surface area contributed by atoms with Gasteiger partial charge in [0.1, 0.15) is 6.54 Å². The van der Waals surface area contributed by atoms with Crippen molar-refractivity contribution in [2.75, 3.05) is 0 Å². The second-order valence-electron chi connectivity index (χ2n) is 6.79. The van der Waals surface area contributed by atoms with Gasteiger partial charge in [-0.15, -0.1) is 11.3 Å². The summed E-state index contributed by atoms with van der Waals surface area (Å²) in [4.78, 5) is 39.7. The molecule has 0 aliphatic carbocycles. The molecule has 1 atom stereocenters. The van der Waals surface area contributed by atoms with Gasteiger partial charge in [0.25, 0.3) is 5.56 Å². The molecule has 1 amide bonds. The summed E-state index contributed by atoms with van der Waals surface area (Å²) >= 11 is 1.68. The number of rotatable bonds is 6. The van der Waals surface area contributed by atoms with Crippen LogP contribution < -0.4 is 16.6 Å². The quantitative estimate of drug-likeness (QED) is 0.695. The van der Waals surface area contributed by atoms with Gasteiger partial charge in [0, 0.05) is 22.0 Å². The van der Waals surface area contributed by atoms with Gasteiger partial charge in [0.05, 0.1) is 12.6 Å². The van der Waals surface area contributed by atoms with E-state index in [1.54, 1.807) is 11.3 Å². The van der Waals surface area contributed by atoms with Gasteiger partial charge < -0.3 is 5.32 Å². The van der Waals surface area contributed by atoms with Crippen molar-refractivity contribution in [3.8, 4) is 0 Å². The van der Waals surface area contributed by atoms with Gasteiger partial charge in [-0.1, -0.05) is 30.3 Å². The highest BCUT2D eigenvalue weighted by atomic mass is 32.1. The normalized spacial score (nSPS) is 12.0. The summed E-state index contributed by atoms with van der Waals surface area (Å²) in [5.74, 6) is -0.368. The van der Waals surface area contributed by atoms with Crippen LogP contribution in [0.4, 0.5) is 0 Å². The molecule has 0 saturated heterocycles. The lowest BCUT2D eigenvalue weighted by Gasteiger charge is -2.15. The Morgan fingerprint density at radius 1 is 1.14 bits per heavy atom. The maximum absolute atomic E-state index is 12.7. The monoisotopic (exact) mass is 397 g/mol. The fourth-order valence-corrected chi connectivity index (χ4v) is 4.21. The van der Waals surface area contributed by atoms with Gasteiger partial charge in [-0.2, -0.15) is 0 Å². The molecule has 1 aromatic carbocycles. The highest BCUT2D eigenvalue weighted by Crippen LogP contribution is 2.25. The number of aromatic nitrogens is 2. The third-order valence-corrected chi connectivity index (χ3v) is 5.54. The van der Waals surface area contributed by atoms with Gasteiger partial charge in [-0.25, -0.2) is 4.79 Å². The second kappa shape index (κ2) is 8.39. The molecule has 2 aromatic heterocycles. The summed E-state index contributed by atoms with van der Waals surface area (Å²) in [5, 5.41) is 2.88. The molecule has 6 nitrogen and oxygen atoms in total. The van der Waals surface area contributed by atoms with Crippen molar-refractivity contribution in [1.82, 2.24) is 14.5 Å². The maximum Gasteiger partial charge on any atom is 0.331 e. The molecule has 7 heteroatoms. The van der Waals surface area contributed by atoms with Crippen LogP contribution in [-0.4, -0.2) is 15.0 Å². The smallest absolute Gasteiger partial charge is 0.331 e. The molecule has 0 aliphatic heterocycles. The molecule has 28 heavy (non-hydrogen) atoms. The summed E-state index contributed by atoms with van der Waals surface area (Å²) in [6.07, 6.45) is 1.46. The van der Waals surface area contributed by atoms with E-state index in [1.165, 1.54) is 21.7 Å². The van der Waals surface area contributed by atoms with E-state index in [-0.39, 0.29) is 18.5 Å². The number of carbonyl (C=O) groups excluding carboxylic acids is 1. The van der Waals surface area contributed by atoms with Crippen molar-refractivity contribution in [3.63, 3.8) is 0 Å². The Morgan fingerprint density at radius 3 is 2.50 bits per heavy atom. The van der Waals surface area contributed by atoms with Crippen LogP contribution in [-0.2, 0) is 17.9 Å². The number of nitrogens with zero attached hydrogens (tertiary/aromatic N) is 2. The average Bonchev–Trinajstić information content (AvgIpc) is 3.00. The van der Waals surface area contributed by atoms with Crippen molar-refractivity contribution in [2.45, 2.75) is 39.9 Å². The number of aryl methyl sites for hydroxylation is 2. The van der Waals surface area contributed by atoms with E-state index < -0.39 is 11.2 Å². The number of hydrogen-bond acceptors (Lipinski definition) is 4. The van der Waals surface area contributed by atoms with Crippen LogP contribution in [0.15, 0.2) is 58.3 Å². The van der Waals surface area contributed by atoms with Crippen LogP contribution >= 0.6 is 11.3 Å². The molecular formula is C21H23N3O3S. The predicted octanol–water partition coefficient (Wildman–Crippen LogP) is 2.61. The molecule has 0 radical (unpaired) electrons. The van der Waals surface area contributed by atoms with E-state index in [1.807, 2.05) is 57.2 Å². The lowest BCUT2D eigenvalue weighted by atomic mass is 10.1. The number of nitrogens with one attached hydrogen (secondary N) is 1. The SMILES string of the molecule is Cc1cc([C@H](C)NC(=O)Cn2c(=O)ccn(Cc3ccccc3)c2=O)c(C)s1.